The number of nitro groups is 1. The Hall–Kier alpha value is -3.49. The van der Waals surface area contributed by atoms with Crippen LogP contribution in [0.3, 0.4) is 0 Å². The summed E-state index contributed by atoms with van der Waals surface area (Å²) in [5.41, 5.74) is 2.33. The van der Waals surface area contributed by atoms with Crippen LogP contribution in [0.5, 0.6) is 5.75 Å². The summed E-state index contributed by atoms with van der Waals surface area (Å²) in [5, 5.41) is 10.8. The molecule has 1 aliphatic rings. The number of thiocarbonyl (C=S) groups is 1. The third-order valence-corrected chi connectivity index (χ3v) is 5.82. The summed E-state index contributed by atoms with van der Waals surface area (Å²) in [5.74, 6) is 0.433. The van der Waals surface area contributed by atoms with Gasteiger partial charge in [-0.25, -0.2) is 0 Å². The van der Waals surface area contributed by atoms with Gasteiger partial charge in [0.15, 0.2) is 4.32 Å². The molecular weight excluding hydrogens is 432 g/mol. The zero-order valence-electron chi connectivity index (χ0n) is 16.1. The second kappa shape index (κ2) is 9.11. The first-order chi connectivity index (χ1) is 15.0. The lowest BCUT2D eigenvalue weighted by Gasteiger charge is -2.13. The number of benzene rings is 3. The lowest BCUT2D eigenvalue weighted by Crippen LogP contribution is -2.27. The second-order valence-electron chi connectivity index (χ2n) is 6.64. The summed E-state index contributed by atoms with van der Waals surface area (Å²) in [6.45, 7) is 0.451. The van der Waals surface area contributed by atoms with Crippen molar-refractivity contribution in [1.82, 2.24) is 0 Å². The first-order valence-corrected chi connectivity index (χ1v) is 10.5. The number of amides is 1. The van der Waals surface area contributed by atoms with Crippen LogP contribution in [-0.4, -0.2) is 15.2 Å². The molecule has 0 bridgehead atoms. The molecule has 154 valence electrons. The van der Waals surface area contributed by atoms with Gasteiger partial charge in [0.25, 0.3) is 11.6 Å². The van der Waals surface area contributed by atoms with Gasteiger partial charge < -0.3 is 4.74 Å². The number of non-ortho nitro benzene ring substituents is 1. The standard InChI is InChI=1S/C23H16N2O4S2/c26-22-21(31-23(30)24(22)18-9-11-19(12-10-18)25(27)28)14-17-7-4-8-20(13-17)29-15-16-5-2-1-3-6-16/h1-14H,15H2/b21-14+. The van der Waals surface area contributed by atoms with Crippen LogP contribution in [-0.2, 0) is 11.4 Å². The van der Waals surface area contributed by atoms with Gasteiger partial charge in [-0.1, -0.05) is 66.4 Å². The highest BCUT2D eigenvalue weighted by atomic mass is 32.2. The van der Waals surface area contributed by atoms with Gasteiger partial charge >= 0.3 is 0 Å². The fourth-order valence-electron chi connectivity index (χ4n) is 3.00. The van der Waals surface area contributed by atoms with Crippen molar-refractivity contribution in [2.75, 3.05) is 4.90 Å². The van der Waals surface area contributed by atoms with Gasteiger partial charge in [-0.15, -0.1) is 0 Å². The summed E-state index contributed by atoms with van der Waals surface area (Å²) in [6, 6.07) is 23.1. The molecule has 0 atom stereocenters. The largest absolute Gasteiger partial charge is 0.489 e. The Kier molecular flexibility index (Phi) is 6.11. The van der Waals surface area contributed by atoms with E-state index in [2.05, 4.69) is 0 Å². The predicted octanol–water partition coefficient (Wildman–Crippen LogP) is 5.58. The molecule has 8 heteroatoms. The van der Waals surface area contributed by atoms with E-state index in [9.17, 15) is 14.9 Å². The highest BCUT2D eigenvalue weighted by Crippen LogP contribution is 2.36. The van der Waals surface area contributed by atoms with E-state index in [1.807, 2.05) is 54.6 Å². The molecule has 0 saturated carbocycles. The van der Waals surface area contributed by atoms with Crippen molar-refractivity contribution in [2.24, 2.45) is 0 Å². The number of carbonyl (C=O) groups is 1. The Bertz CT molecular complexity index is 1180. The molecule has 0 aliphatic carbocycles. The molecule has 0 N–H and O–H groups in total. The van der Waals surface area contributed by atoms with Crippen molar-refractivity contribution in [1.29, 1.82) is 0 Å². The summed E-state index contributed by atoms with van der Waals surface area (Å²) in [7, 11) is 0. The van der Waals surface area contributed by atoms with Gasteiger partial charge in [0.2, 0.25) is 0 Å². The molecule has 4 rings (SSSR count). The van der Waals surface area contributed by atoms with Crippen LogP contribution in [0.15, 0.2) is 83.8 Å². The van der Waals surface area contributed by atoms with Crippen LogP contribution in [0.4, 0.5) is 11.4 Å². The highest BCUT2D eigenvalue weighted by Gasteiger charge is 2.33. The summed E-state index contributed by atoms with van der Waals surface area (Å²) >= 11 is 6.56. The van der Waals surface area contributed by atoms with E-state index in [-0.39, 0.29) is 11.6 Å². The minimum absolute atomic E-state index is 0.0444. The van der Waals surface area contributed by atoms with E-state index in [0.717, 1.165) is 11.1 Å². The molecule has 0 spiro atoms. The minimum atomic E-state index is -0.485. The summed E-state index contributed by atoms with van der Waals surface area (Å²) in [6.07, 6.45) is 1.76. The van der Waals surface area contributed by atoms with Crippen molar-refractivity contribution < 1.29 is 14.5 Å². The Labute approximate surface area is 188 Å². The Morgan fingerprint density at radius 3 is 2.48 bits per heavy atom. The van der Waals surface area contributed by atoms with Gasteiger partial charge in [0, 0.05) is 12.1 Å². The average Bonchev–Trinajstić information content (AvgIpc) is 3.06. The zero-order chi connectivity index (χ0) is 21.8. The van der Waals surface area contributed by atoms with E-state index >= 15 is 0 Å². The number of hydrogen-bond acceptors (Lipinski definition) is 6. The number of anilines is 1. The normalized spacial score (nSPS) is 14.8. The molecule has 1 amide bonds. The number of hydrogen-bond donors (Lipinski definition) is 0. The minimum Gasteiger partial charge on any atom is -0.489 e. The second-order valence-corrected chi connectivity index (χ2v) is 8.31. The Balaban J connectivity index is 1.50. The molecule has 1 aliphatic heterocycles. The molecular formula is C23H16N2O4S2. The summed E-state index contributed by atoms with van der Waals surface area (Å²) in [4.78, 5) is 25.1. The van der Waals surface area contributed by atoms with Crippen LogP contribution in [0.2, 0.25) is 0 Å². The molecule has 1 fully saturated rings. The maximum atomic E-state index is 12.9. The molecule has 0 aromatic heterocycles. The molecule has 6 nitrogen and oxygen atoms in total. The smallest absolute Gasteiger partial charge is 0.270 e. The van der Waals surface area contributed by atoms with Gasteiger partial charge in [-0.05, 0) is 41.5 Å². The average molecular weight is 449 g/mol. The number of rotatable bonds is 6. The first-order valence-electron chi connectivity index (χ1n) is 9.30. The van der Waals surface area contributed by atoms with E-state index in [1.165, 1.54) is 40.9 Å². The molecule has 1 heterocycles. The lowest BCUT2D eigenvalue weighted by molar-refractivity contribution is -0.384. The van der Waals surface area contributed by atoms with E-state index in [4.69, 9.17) is 17.0 Å². The van der Waals surface area contributed by atoms with Crippen LogP contribution in [0.1, 0.15) is 11.1 Å². The maximum Gasteiger partial charge on any atom is 0.270 e. The number of carbonyl (C=O) groups excluding carboxylic acids is 1. The monoisotopic (exact) mass is 448 g/mol. The van der Waals surface area contributed by atoms with Crippen molar-refractivity contribution in [3.8, 4) is 5.75 Å². The molecule has 0 radical (unpaired) electrons. The fraction of sp³-hybridized carbons (Fsp3) is 0.0435. The quantitative estimate of drug-likeness (QED) is 0.212. The SMILES string of the molecule is O=C1/C(=C\c2cccc(OCc3ccccc3)c2)SC(=S)N1c1ccc([N+](=O)[O-])cc1. The molecule has 0 unspecified atom stereocenters. The fourth-order valence-corrected chi connectivity index (χ4v) is 4.30. The van der Waals surface area contributed by atoms with Crippen molar-refractivity contribution in [3.63, 3.8) is 0 Å². The lowest BCUT2D eigenvalue weighted by atomic mass is 10.2. The molecule has 31 heavy (non-hydrogen) atoms. The number of nitrogens with zero attached hydrogens (tertiary/aromatic N) is 2. The van der Waals surface area contributed by atoms with E-state index in [1.54, 1.807) is 6.08 Å². The van der Waals surface area contributed by atoms with Crippen LogP contribution in [0, 0.1) is 10.1 Å². The molecule has 3 aromatic carbocycles. The zero-order valence-corrected chi connectivity index (χ0v) is 17.8. The van der Waals surface area contributed by atoms with Crippen LogP contribution >= 0.6 is 24.0 Å². The number of thioether (sulfide) groups is 1. The van der Waals surface area contributed by atoms with E-state index in [0.29, 0.717) is 27.3 Å². The van der Waals surface area contributed by atoms with Gasteiger partial charge in [0.05, 0.1) is 15.5 Å². The Morgan fingerprint density at radius 2 is 1.77 bits per heavy atom. The first kappa shape index (κ1) is 20.8. The van der Waals surface area contributed by atoms with Gasteiger partial charge in [-0.3, -0.25) is 19.8 Å². The van der Waals surface area contributed by atoms with Crippen LogP contribution in [0.25, 0.3) is 6.08 Å². The van der Waals surface area contributed by atoms with Crippen LogP contribution < -0.4 is 9.64 Å². The predicted molar refractivity (Wildman–Crippen MR) is 126 cm³/mol. The summed E-state index contributed by atoms with van der Waals surface area (Å²) < 4.78 is 6.23. The molecule has 1 saturated heterocycles. The van der Waals surface area contributed by atoms with Crippen molar-refractivity contribution >= 4 is 51.7 Å². The Morgan fingerprint density at radius 1 is 1.03 bits per heavy atom. The highest BCUT2D eigenvalue weighted by molar-refractivity contribution is 8.27. The molecule has 3 aromatic rings. The topological polar surface area (TPSA) is 72.7 Å². The third-order valence-electron chi connectivity index (χ3n) is 4.52. The maximum absolute atomic E-state index is 12.9. The third kappa shape index (κ3) is 4.82. The van der Waals surface area contributed by atoms with E-state index < -0.39 is 4.92 Å². The van der Waals surface area contributed by atoms with Gasteiger partial charge in [0.1, 0.15) is 12.4 Å². The number of nitro benzene ring substituents is 1. The van der Waals surface area contributed by atoms with Gasteiger partial charge in [-0.2, -0.15) is 0 Å². The van der Waals surface area contributed by atoms with Crippen molar-refractivity contribution in [2.45, 2.75) is 6.61 Å². The number of ether oxygens (including phenoxy) is 1. The van der Waals surface area contributed by atoms with Crippen molar-refractivity contribution in [3.05, 3.63) is 105 Å².